The molecular formula is C16H23N3O4. The molecule has 1 saturated carbocycles. The van der Waals surface area contributed by atoms with Gasteiger partial charge in [0.05, 0.1) is 17.8 Å². The average molecular weight is 321 g/mol. The zero-order chi connectivity index (χ0) is 16.6. The minimum absolute atomic E-state index is 0.0411. The summed E-state index contributed by atoms with van der Waals surface area (Å²) in [6.45, 7) is 4.86. The molecule has 0 spiro atoms. The van der Waals surface area contributed by atoms with Gasteiger partial charge in [0.1, 0.15) is 6.04 Å². The predicted octanol–water partition coefficient (Wildman–Crippen LogP) is 1.62. The lowest BCUT2D eigenvalue weighted by Crippen LogP contribution is -2.44. The fourth-order valence-electron chi connectivity index (χ4n) is 3.20. The molecule has 0 radical (unpaired) electrons. The van der Waals surface area contributed by atoms with Crippen LogP contribution in [0.5, 0.6) is 0 Å². The quantitative estimate of drug-likeness (QED) is 0.891. The van der Waals surface area contributed by atoms with Gasteiger partial charge in [0.15, 0.2) is 0 Å². The van der Waals surface area contributed by atoms with Gasteiger partial charge in [-0.25, -0.2) is 4.79 Å². The molecule has 1 atom stereocenters. The number of carbonyl (C=O) groups excluding carboxylic acids is 1. The van der Waals surface area contributed by atoms with Gasteiger partial charge in [-0.3, -0.25) is 9.48 Å². The lowest BCUT2D eigenvalue weighted by atomic mass is 10.1. The van der Waals surface area contributed by atoms with E-state index in [0.29, 0.717) is 18.8 Å². The summed E-state index contributed by atoms with van der Waals surface area (Å²) in [6.07, 6.45) is 5.09. The lowest BCUT2D eigenvalue weighted by Gasteiger charge is -2.27. The molecule has 23 heavy (non-hydrogen) atoms. The Kier molecular flexibility index (Phi) is 4.39. The fraction of sp³-hybridized carbons (Fsp3) is 0.688. The Balaban J connectivity index is 1.84. The van der Waals surface area contributed by atoms with Gasteiger partial charge in [-0.15, -0.1) is 0 Å². The summed E-state index contributed by atoms with van der Waals surface area (Å²) in [7, 11) is 0. The van der Waals surface area contributed by atoms with Gasteiger partial charge in [-0.1, -0.05) is 0 Å². The SMILES string of the molecule is Cc1c(C(=O)N(C2CC2)C(C)C(=O)O)cnn1C1CCOCC1. The molecule has 1 aromatic heterocycles. The van der Waals surface area contributed by atoms with Crippen LogP contribution in [0, 0.1) is 6.92 Å². The number of aromatic nitrogens is 2. The number of aliphatic carboxylic acids is 1. The Morgan fingerprint density at radius 1 is 1.35 bits per heavy atom. The highest BCUT2D eigenvalue weighted by atomic mass is 16.5. The molecule has 1 N–H and O–H groups in total. The van der Waals surface area contributed by atoms with Crippen LogP contribution in [0.15, 0.2) is 6.20 Å². The Labute approximate surface area is 135 Å². The fourth-order valence-corrected chi connectivity index (χ4v) is 3.20. The summed E-state index contributed by atoms with van der Waals surface area (Å²) >= 11 is 0. The first-order valence-corrected chi connectivity index (χ1v) is 8.18. The van der Waals surface area contributed by atoms with Crippen molar-refractivity contribution >= 4 is 11.9 Å². The van der Waals surface area contributed by atoms with Crippen LogP contribution < -0.4 is 0 Å². The summed E-state index contributed by atoms with van der Waals surface area (Å²) in [5.41, 5.74) is 1.32. The van der Waals surface area contributed by atoms with Crippen LogP contribution in [-0.2, 0) is 9.53 Å². The molecule has 7 heteroatoms. The van der Waals surface area contributed by atoms with E-state index >= 15 is 0 Å². The molecule has 1 aliphatic heterocycles. The van der Waals surface area contributed by atoms with E-state index in [2.05, 4.69) is 5.10 Å². The molecule has 0 aromatic carbocycles. The van der Waals surface area contributed by atoms with Crippen molar-refractivity contribution in [2.45, 2.75) is 57.7 Å². The normalized spacial score (nSPS) is 20.3. The highest BCUT2D eigenvalue weighted by Gasteiger charge is 2.39. The van der Waals surface area contributed by atoms with Gasteiger partial charge in [-0.2, -0.15) is 5.10 Å². The number of hydrogen-bond donors (Lipinski definition) is 1. The van der Waals surface area contributed by atoms with Crippen molar-refractivity contribution in [3.63, 3.8) is 0 Å². The van der Waals surface area contributed by atoms with Crippen molar-refractivity contribution in [2.24, 2.45) is 0 Å². The van der Waals surface area contributed by atoms with Gasteiger partial charge in [0, 0.05) is 24.9 Å². The minimum Gasteiger partial charge on any atom is -0.480 e. The first-order chi connectivity index (χ1) is 11.0. The maximum Gasteiger partial charge on any atom is 0.326 e. The standard InChI is InChI=1S/C16H23N3O4/c1-10-14(9-17-19(10)13-5-7-23-8-6-13)15(20)18(12-3-4-12)11(2)16(21)22/h9,11-13H,3-8H2,1-2H3,(H,21,22). The number of nitrogens with zero attached hydrogens (tertiary/aromatic N) is 3. The maximum atomic E-state index is 12.9. The molecule has 3 rings (SSSR count). The lowest BCUT2D eigenvalue weighted by molar-refractivity contribution is -0.141. The van der Waals surface area contributed by atoms with Crippen LogP contribution in [0.1, 0.15) is 54.7 Å². The van der Waals surface area contributed by atoms with E-state index in [1.54, 1.807) is 13.1 Å². The molecule has 1 unspecified atom stereocenters. The van der Waals surface area contributed by atoms with Crippen LogP contribution >= 0.6 is 0 Å². The number of amides is 1. The van der Waals surface area contributed by atoms with E-state index in [9.17, 15) is 14.7 Å². The number of carbonyl (C=O) groups is 2. The van der Waals surface area contributed by atoms with E-state index in [1.165, 1.54) is 4.90 Å². The van der Waals surface area contributed by atoms with E-state index in [-0.39, 0.29) is 18.0 Å². The molecule has 126 valence electrons. The zero-order valence-electron chi connectivity index (χ0n) is 13.6. The summed E-state index contributed by atoms with van der Waals surface area (Å²) in [6, 6.07) is -0.531. The molecule has 1 amide bonds. The summed E-state index contributed by atoms with van der Waals surface area (Å²) in [5.74, 6) is -1.20. The van der Waals surface area contributed by atoms with Crippen LogP contribution in [-0.4, -0.2) is 57.0 Å². The third-order valence-electron chi connectivity index (χ3n) is 4.76. The maximum absolute atomic E-state index is 12.9. The largest absolute Gasteiger partial charge is 0.480 e. The third kappa shape index (κ3) is 3.10. The molecular weight excluding hydrogens is 298 g/mol. The van der Waals surface area contributed by atoms with Crippen molar-refractivity contribution in [3.05, 3.63) is 17.5 Å². The number of ether oxygens (including phenoxy) is 1. The second kappa shape index (κ2) is 6.31. The molecule has 1 aromatic rings. The van der Waals surface area contributed by atoms with Gasteiger partial charge >= 0.3 is 5.97 Å². The predicted molar refractivity (Wildman–Crippen MR) is 82.3 cm³/mol. The van der Waals surface area contributed by atoms with Crippen molar-refractivity contribution < 1.29 is 19.4 Å². The average Bonchev–Trinajstić information content (AvgIpc) is 3.29. The Morgan fingerprint density at radius 2 is 2.00 bits per heavy atom. The first kappa shape index (κ1) is 16.0. The van der Waals surface area contributed by atoms with Crippen LogP contribution in [0.25, 0.3) is 0 Å². The minimum atomic E-state index is -0.972. The second-order valence-corrected chi connectivity index (χ2v) is 6.39. The zero-order valence-corrected chi connectivity index (χ0v) is 13.6. The van der Waals surface area contributed by atoms with Crippen LogP contribution in [0.2, 0.25) is 0 Å². The molecule has 2 fully saturated rings. The van der Waals surface area contributed by atoms with Gasteiger partial charge < -0.3 is 14.7 Å². The Morgan fingerprint density at radius 3 is 2.57 bits per heavy atom. The van der Waals surface area contributed by atoms with Gasteiger partial charge in [-0.05, 0) is 39.5 Å². The highest BCUT2D eigenvalue weighted by molar-refractivity contribution is 5.97. The topological polar surface area (TPSA) is 84.7 Å². The van der Waals surface area contributed by atoms with E-state index in [1.807, 2.05) is 11.6 Å². The smallest absolute Gasteiger partial charge is 0.326 e. The summed E-state index contributed by atoms with van der Waals surface area (Å²) in [5, 5.41) is 13.7. The van der Waals surface area contributed by atoms with Crippen molar-refractivity contribution in [2.75, 3.05) is 13.2 Å². The summed E-state index contributed by atoms with van der Waals surface area (Å²) in [4.78, 5) is 25.7. The highest BCUT2D eigenvalue weighted by Crippen LogP contribution is 2.31. The van der Waals surface area contributed by atoms with Crippen molar-refractivity contribution in [1.82, 2.24) is 14.7 Å². The van der Waals surface area contributed by atoms with E-state index in [0.717, 1.165) is 31.4 Å². The molecule has 1 aliphatic carbocycles. The van der Waals surface area contributed by atoms with E-state index < -0.39 is 12.0 Å². The van der Waals surface area contributed by atoms with Crippen LogP contribution in [0.3, 0.4) is 0 Å². The number of hydrogen-bond acceptors (Lipinski definition) is 4. The Bertz CT molecular complexity index is 602. The molecule has 7 nitrogen and oxygen atoms in total. The molecule has 1 saturated heterocycles. The first-order valence-electron chi connectivity index (χ1n) is 8.18. The Hall–Kier alpha value is -1.89. The van der Waals surface area contributed by atoms with Crippen molar-refractivity contribution in [3.8, 4) is 0 Å². The molecule has 2 aliphatic rings. The van der Waals surface area contributed by atoms with Gasteiger partial charge in [0.2, 0.25) is 0 Å². The van der Waals surface area contributed by atoms with Crippen molar-refractivity contribution in [1.29, 1.82) is 0 Å². The third-order valence-corrected chi connectivity index (χ3v) is 4.76. The van der Waals surface area contributed by atoms with Crippen LogP contribution in [0.4, 0.5) is 0 Å². The van der Waals surface area contributed by atoms with E-state index in [4.69, 9.17) is 4.74 Å². The number of rotatable bonds is 5. The molecule has 0 bridgehead atoms. The number of carboxylic acids is 1. The molecule has 2 heterocycles. The number of carboxylic acid groups (broad SMARTS) is 1. The van der Waals surface area contributed by atoms with Gasteiger partial charge in [0.25, 0.3) is 5.91 Å². The second-order valence-electron chi connectivity index (χ2n) is 6.39. The summed E-state index contributed by atoms with van der Waals surface area (Å²) < 4.78 is 7.26. The monoisotopic (exact) mass is 321 g/mol.